The van der Waals surface area contributed by atoms with Crippen LogP contribution in [0.4, 0.5) is 11.4 Å². The van der Waals surface area contributed by atoms with E-state index in [2.05, 4.69) is 10.7 Å². The summed E-state index contributed by atoms with van der Waals surface area (Å²) in [6.07, 6.45) is -0.228. The predicted molar refractivity (Wildman–Crippen MR) is 116 cm³/mol. The number of carbonyl (C=O) groups is 4. The Morgan fingerprint density at radius 2 is 1.79 bits per heavy atom. The third-order valence-corrected chi connectivity index (χ3v) is 5.13. The molecule has 1 atom stereocenters. The molecule has 1 fully saturated rings. The van der Waals surface area contributed by atoms with Crippen molar-refractivity contribution < 1.29 is 28.8 Å². The van der Waals surface area contributed by atoms with Crippen LogP contribution < -0.4 is 10.7 Å². The van der Waals surface area contributed by atoms with Crippen molar-refractivity contribution in [2.75, 3.05) is 18.5 Å². The maximum atomic E-state index is 12.4. The molecule has 0 unspecified atom stereocenters. The van der Waals surface area contributed by atoms with E-state index in [0.717, 1.165) is 16.1 Å². The van der Waals surface area contributed by atoms with Gasteiger partial charge in [0.1, 0.15) is 5.56 Å². The van der Waals surface area contributed by atoms with Gasteiger partial charge in [0.15, 0.2) is 6.61 Å². The van der Waals surface area contributed by atoms with Gasteiger partial charge in [-0.1, -0.05) is 30.3 Å². The first-order valence-corrected chi connectivity index (χ1v) is 10.0. The van der Waals surface area contributed by atoms with Gasteiger partial charge < -0.3 is 10.1 Å². The van der Waals surface area contributed by atoms with Crippen molar-refractivity contribution in [1.82, 2.24) is 10.4 Å². The molecule has 0 bridgehead atoms. The van der Waals surface area contributed by atoms with E-state index in [1.807, 2.05) is 32.0 Å². The summed E-state index contributed by atoms with van der Waals surface area (Å²) in [5, 5.41) is 14.7. The second kappa shape index (κ2) is 9.90. The molecule has 1 aliphatic rings. The number of nitrogens with zero attached hydrogens (tertiary/aromatic N) is 2. The number of rotatable bonds is 7. The fourth-order valence-electron chi connectivity index (χ4n) is 3.42. The molecule has 0 aliphatic carbocycles. The van der Waals surface area contributed by atoms with E-state index in [-0.39, 0.29) is 18.5 Å². The smallest absolute Gasteiger partial charge is 0.311 e. The number of hydrogen-bond acceptors (Lipinski definition) is 7. The number of esters is 1. The highest BCUT2D eigenvalue weighted by Crippen LogP contribution is 2.21. The summed E-state index contributed by atoms with van der Waals surface area (Å²) in [5.41, 5.74) is 4.02. The van der Waals surface area contributed by atoms with Crippen LogP contribution in [0, 0.1) is 29.9 Å². The van der Waals surface area contributed by atoms with E-state index in [9.17, 15) is 29.3 Å². The first kappa shape index (κ1) is 23.4. The molecule has 0 radical (unpaired) electrons. The number of hydrogen-bond donors (Lipinski definition) is 2. The fraction of sp³-hybridized carbons (Fsp3) is 0.273. The molecule has 1 saturated heterocycles. The largest absolute Gasteiger partial charge is 0.455 e. The van der Waals surface area contributed by atoms with E-state index in [1.165, 1.54) is 24.3 Å². The normalized spacial score (nSPS) is 15.2. The average Bonchev–Trinajstić information content (AvgIpc) is 3.14. The highest BCUT2D eigenvalue weighted by Gasteiger charge is 2.37. The van der Waals surface area contributed by atoms with E-state index < -0.39 is 46.8 Å². The summed E-state index contributed by atoms with van der Waals surface area (Å²) < 4.78 is 5.04. The van der Waals surface area contributed by atoms with Crippen molar-refractivity contribution in [1.29, 1.82) is 0 Å². The molecular formula is C22H22N4O7. The summed E-state index contributed by atoms with van der Waals surface area (Å²) in [6.45, 7) is 2.97. The number of aryl methyl sites for hydroxylation is 2. The van der Waals surface area contributed by atoms with Crippen LogP contribution in [0.5, 0.6) is 0 Å². The minimum absolute atomic E-state index is 0.178. The molecule has 2 aromatic rings. The molecule has 0 spiro atoms. The zero-order valence-corrected chi connectivity index (χ0v) is 18.0. The lowest BCUT2D eigenvalue weighted by Gasteiger charge is -2.17. The lowest BCUT2D eigenvalue weighted by molar-refractivity contribution is -0.385. The van der Waals surface area contributed by atoms with Gasteiger partial charge in [-0.15, -0.1) is 0 Å². The summed E-state index contributed by atoms with van der Waals surface area (Å²) in [5.74, 6) is -3.58. The number of hydrazine groups is 1. The molecule has 2 N–H and O–H groups in total. The second-order valence-corrected chi connectivity index (χ2v) is 7.54. The molecule has 1 heterocycles. The lowest BCUT2D eigenvalue weighted by atomic mass is 10.1. The Bertz CT molecular complexity index is 1110. The van der Waals surface area contributed by atoms with Crippen molar-refractivity contribution in [2.45, 2.75) is 20.3 Å². The van der Waals surface area contributed by atoms with Crippen LogP contribution in [0.1, 0.15) is 27.9 Å². The van der Waals surface area contributed by atoms with Gasteiger partial charge >= 0.3 is 5.97 Å². The molecule has 11 nitrogen and oxygen atoms in total. The van der Waals surface area contributed by atoms with Crippen molar-refractivity contribution in [3.63, 3.8) is 0 Å². The van der Waals surface area contributed by atoms with Crippen LogP contribution in [0.3, 0.4) is 0 Å². The summed E-state index contributed by atoms with van der Waals surface area (Å²) in [6, 6.07) is 10.8. The Labute approximate surface area is 188 Å². The first-order chi connectivity index (χ1) is 15.7. The van der Waals surface area contributed by atoms with Crippen molar-refractivity contribution in [3.05, 3.63) is 69.3 Å². The number of nitro benzene ring substituents is 1. The summed E-state index contributed by atoms with van der Waals surface area (Å²) in [7, 11) is 0. The van der Waals surface area contributed by atoms with E-state index in [0.29, 0.717) is 5.69 Å². The first-order valence-electron chi connectivity index (χ1n) is 10.0. The topological polar surface area (TPSA) is 148 Å². The van der Waals surface area contributed by atoms with Crippen molar-refractivity contribution >= 4 is 35.1 Å². The zero-order chi connectivity index (χ0) is 24.1. The Morgan fingerprint density at radius 1 is 1.12 bits per heavy atom. The Kier molecular flexibility index (Phi) is 7.01. The highest BCUT2D eigenvalue weighted by atomic mass is 16.6. The van der Waals surface area contributed by atoms with Crippen LogP contribution in [0.2, 0.25) is 0 Å². The fourth-order valence-corrected chi connectivity index (χ4v) is 3.42. The number of para-hydroxylation sites is 2. The third kappa shape index (κ3) is 5.50. The zero-order valence-electron chi connectivity index (χ0n) is 18.0. The number of benzene rings is 2. The molecule has 3 rings (SSSR count). The predicted octanol–water partition coefficient (Wildman–Crippen LogP) is 1.89. The van der Waals surface area contributed by atoms with Crippen LogP contribution in [-0.2, 0) is 19.1 Å². The van der Waals surface area contributed by atoms with E-state index in [1.54, 1.807) is 0 Å². The number of anilines is 1. The quantitative estimate of drug-likeness (QED) is 0.369. The average molecular weight is 454 g/mol. The van der Waals surface area contributed by atoms with Gasteiger partial charge in [0.2, 0.25) is 5.91 Å². The maximum Gasteiger partial charge on any atom is 0.311 e. The van der Waals surface area contributed by atoms with Gasteiger partial charge in [0, 0.05) is 18.2 Å². The molecule has 33 heavy (non-hydrogen) atoms. The highest BCUT2D eigenvalue weighted by molar-refractivity contribution is 5.99. The van der Waals surface area contributed by atoms with Crippen LogP contribution >= 0.6 is 0 Å². The van der Waals surface area contributed by atoms with Gasteiger partial charge in [0.05, 0.1) is 17.4 Å². The van der Waals surface area contributed by atoms with Gasteiger partial charge in [-0.05, 0) is 31.0 Å². The molecule has 11 heteroatoms. The van der Waals surface area contributed by atoms with Crippen LogP contribution in [-0.4, -0.2) is 46.8 Å². The molecule has 0 saturated carbocycles. The minimum Gasteiger partial charge on any atom is -0.455 e. The lowest BCUT2D eigenvalue weighted by Crippen LogP contribution is -2.43. The van der Waals surface area contributed by atoms with E-state index >= 15 is 0 Å². The molecule has 3 amide bonds. The molecule has 172 valence electrons. The monoisotopic (exact) mass is 454 g/mol. The standard InChI is InChI=1S/C22H22N4O7/c1-13-6-5-7-14(2)20(13)23-18(27)12-33-22(30)15-10-19(28)25(11-15)24-21(29)16-8-3-4-9-17(16)26(31)32/h3-9,15H,10-12H2,1-2H3,(H,23,27)(H,24,29)/t15-/m0/s1. The minimum atomic E-state index is -0.892. The van der Waals surface area contributed by atoms with Gasteiger partial charge in [-0.2, -0.15) is 0 Å². The number of nitrogens with one attached hydrogen (secondary N) is 2. The number of nitro groups is 1. The SMILES string of the molecule is Cc1cccc(C)c1NC(=O)COC(=O)[C@H]1CC(=O)N(NC(=O)c2ccccc2[N+](=O)[O-])C1. The number of amides is 3. The second-order valence-electron chi connectivity index (χ2n) is 7.54. The molecule has 1 aliphatic heterocycles. The van der Waals surface area contributed by atoms with E-state index in [4.69, 9.17) is 4.74 Å². The van der Waals surface area contributed by atoms with Gasteiger partial charge in [-0.3, -0.25) is 39.7 Å². The number of carbonyl (C=O) groups excluding carboxylic acids is 4. The Morgan fingerprint density at radius 3 is 2.45 bits per heavy atom. The molecular weight excluding hydrogens is 432 g/mol. The Balaban J connectivity index is 1.54. The maximum absolute atomic E-state index is 12.4. The summed E-state index contributed by atoms with van der Waals surface area (Å²) >= 11 is 0. The van der Waals surface area contributed by atoms with Gasteiger partial charge in [-0.25, -0.2) is 0 Å². The molecule has 2 aromatic carbocycles. The summed E-state index contributed by atoms with van der Waals surface area (Å²) in [4.78, 5) is 59.5. The van der Waals surface area contributed by atoms with Crippen molar-refractivity contribution in [3.8, 4) is 0 Å². The van der Waals surface area contributed by atoms with Crippen LogP contribution in [0.15, 0.2) is 42.5 Å². The molecule has 0 aromatic heterocycles. The van der Waals surface area contributed by atoms with Crippen molar-refractivity contribution in [2.24, 2.45) is 5.92 Å². The van der Waals surface area contributed by atoms with Crippen LogP contribution in [0.25, 0.3) is 0 Å². The Hall–Kier alpha value is -4.28. The third-order valence-electron chi connectivity index (χ3n) is 5.13. The number of ether oxygens (including phenoxy) is 1. The van der Waals surface area contributed by atoms with Gasteiger partial charge in [0.25, 0.3) is 17.5 Å².